The van der Waals surface area contributed by atoms with Crippen LogP contribution in [-0.2, 0) is 26.0 Å². The first-order valence-corrected chi connectivity index (χ1v) is 9.82. The Labute approximate surface area is 156 Å². The van der Waals surface area contributed by atoms with Gasteiger partial charge in [-0.3, -0.25) is 5.10 Å². The molecule has 10 nitrogen and oxygen atoms in total. The molecule has 2 aromatic heterocycles. The Kier molecular flexibility index (Phi) is 5.73. The lowest BCUT2D eigenvalue weighted by Crippen LogP contribution is -2.41. The van der Waals surface area contributed by atoms with Crippen molar-refractivity contribution < 1.29 is 22.7 Å². The number of nitrogens with zero attached hydrogens (tertiary/aromatic N) is 3. The van der Waals surface area contributed by atoms with E-state index in [1.807, 2.05) is 13.0 Å². The molecule has 11 heteroatoms. The van der Waals surface area contributed by atoms with Crippen molar-refractivity contribution in [2.24, 2.45) is 0 Å². The fraction of sp³-hybridized carbons (Fsp3) is 0.438. The molecule has 27 heavy (non-hydrogen) atoms. The first kappa shape index (κ1) is 19.3. The number of aromatic nitrogens is 3. The molecule has 2 N–H and O–H groups in total. The molecule has 1 aliphatic rings. The Bertz CT molecular complexity index is 913. The molecule has 1 unspecified atom stereocenters. The number of anilines is 1. The van der Waals surface area contributed by atoms with Gasteiger partial charge in [0, 0.05) is 31.9 Å². The number of rotatable bonds is 6. The van der Waals surface area contributed by atoms with Crippen LogP contribution in [0.3, 0.4) is 0 Å². The Hall–Kier alpha value is -2.50. The van der Waals surface area contributed by atoms with E-state index in [1.165, 1.54) is 7.11 Å². The smallest absolute Gasteiger partial charge is 0.358 e. The number of aromatic amines is 1. The molecule has 0 spiro atoms. The van der Waals surface area contributed by atoms with E-state index in [0.717, 1.165) is 30.5 Å². The molecule has 1 atom stereocenters. The fourth-order valence-electron chi connectivity index (χ4n) is 2.68. The molecule has 1 fully saturated rings. The molecule has 0 bridgehead atoms. The zero-order valence-electron chi connectivity index (χ0n) is 15.0. The number of H-pyrrole nitrogens is 1. The van der Waals surface area contributed by atoms with Crippen molar-refractivity contribution in [3.8, 4) is 0 Å². The van der Waals surface area contributed by atoms with Crippen LogP contribution in [0.1, 0.15) is 23.0 Å². The van der Waals surface area contributed by atoms with Crippen LogP contribution in [0.4, 0.5) is 5.82 Å². The van der Waals surface area contributed by atoms with E-state index >= 15 is 0 Å². The first-order chi connectivity index (χ1) is 12.9. The van der Waals surface area contributed by atoms with Crippen molar-refractivity contribution in [3.05, 3.63) is 35.7 Å². The molecule has 0 aliphatic carbocycles. The third kappa shape index (κ3) is 4.62. The third-order valence-corrected chi connectivity index (χ3v) is 5.39. The number of esters is 1. The highest BCUT2D eigenvalue weighted by molar-refractivity contribution is 7.89. The summed E-state index contributed by atoms with van der Waals surface area (Å²) in [6, 6.07) is 4.71. The van der Waals surface area contributed by atoms with Crippen LogP contribution < -0.4 is 9.62 Å². The minimum absolute atomic E-state index is 0.0737. The summed E-state index contributed by atoms with van der Waals surface area (Å²) in [5.41, 5.74) is 0.654. The maximum Gasteiger partial charge on any atom is 0.358 e. The molecule has 1 aliphatic heterocycles. The van der Waals surface area contributed by atoms with Crippen LogP contribution in [0, 0.1) is 0 Å². The molecule has 3 heterocycles. The van der Waals surface area contributed by atoms with Crippen molar-refractivity contribution in [2.75, 3.05) is 31.7 Å². The zero-order valence-corrected chi connectivity index (χ0v) is 15.8. The number of carbonyl (C=O) groups excluding carboxylic acids is 1. The molecule has 0 saturated carbocycles. The van der Waals surface area contributed by atoms with Crippen LogP contribution in [0.5, 0.6) is 0 Å². The number of pyridine rings is 1. The second-order valence-electron chi connectivity index (χ2n) is 6.08. The number of nitrogens with one attached hydrogen (secondary N) is 2. The van der Waals surface area contributed by atoms with Crippen molar-refractivity contribution >= 4 is 21.8 Å². The molecular formula is C16H21N5O5S. The van der Waals surface area contributed by atoms with Gasteiger partial charge >= 0.3 is 5.97 Å². The Morgan fingerprint density at radius 1 is 1.48 bits per heavy atom. The lowest BCUT2D eigenvalue weighted by atomic mass is 10.2. The summed E-state index contributed by atoms with van der Waals surface area (Å²) < 4.78 is 37.3. The van der Waals surface area contributed by atoms with Crippen LogP contribution in [-0.4, -0.2) is 62.5 Å². The average molecular weight is 395 g/mol. The Balaban J connectivity index is 1.68. The molecule has 2 aromatic rings. The van der Waals surface area contributed by atoms with Gasteiger partial charge in [0.25, 0.3) is 10.0 Å². The van der Waals surface area contributed by atoms with E-state index < -0.39 is 16.0 Å². The Morgan fingerprint density at radius 3 is 3.04 bits per heavy atom. The average Bonchev–Trinajstić information content (AvgIpc) is 3.17. The lowest BCUT2D eigenvalue weighted by Gasteiger charge is -2.32. The van der Waals surface area contributed by atoms with Gasteiger partial charge in [0.2, 0.25) is 0 Å². The van der Waals surface area contributed by atoms with Gasteiger partial charge in [0.05, 0.1) is 19.8 Å². The second kappa shape index (κ2) is 8.03. The van der Waals surface area contributed by atoms with Gasteiger partial charge in [-0.2, -0.15) is 5.10 Å². The van der Waals surface area contributed by atoms with Gasteiger partial charge in [-0.25, -0.2) is 22.9 Å². The largest absolute Gasteiger partial charge is 0.464 e. The quantitative estimate of drug-likeness (QED) is 0.669. The summed E-state index contributed by atoms with van der Waals surface area (Å²) in [6.45, 7) is 4.16. The van der Waals surface area contributed by atoms with E-state index in [0.29, 0.717) is 6.61 Å². The van der Waals surface area contributed by atoms with E-state index in [2.05, 4.69) is 29.5 Å². The van der Waals surface area contributed by atoms with Crippen molar-refractivity contribution in [1.29, 1.82) is 0 Å². The SMILES string of the molecule is COC(=O)c1cc(S(=O)(=O)NCc2ccnc(N3CCOC(C)C3)c2)[nH]n1. The van der Waals surface area contributed by atoms with Crippen molar-refractivity contribution in [3.63, 3.8) is 0 Å². The summed E-state index contributed by atoms with van der Waals surface area (Å²) in [5.74, 6) is 0.0579. The molecule has 0 amide bonds. The third-order valence-electron chi connectivity index (χ3n) is 4.08. The standard InChI is InChI=1S/C16H21N5O5S/c1-11-10-21(5-6-26-11)14-7-12(3-4-17-14)9-18-27(23,24)15-8-13(19-20-15)16(22)25-2/h3-4,7-8,11,18H,5-6,9-10H2,1-2H3,(H,19,20). The number of methoxy groups -OCH3 is 1. The van der Waals surface area contributed by atoms with Crippen LogP contribution in [0.2, 0.25) is 0 Å². The normalized spacial score (nSPS) is 17.7. The number of hydrogen-bond acceptors (Lipinski definition) is 8. The monoisotopic (exact) mass is 395 g/mol. The van der Waals surface area contributed by atoms with Gasteiger partial charge in [0.15, 0.2) is 10.7 Å². The van der Waals surface area contributed by atoms with Gasteiger partial charge < -0.3 is 14.4 Å². The van der Waals surface area contributed by atoms with E-state index in [1.54, 1.807) is 12.3 Å². The minimum Gasteiger partial charge on any atom is -0.464 e. The lowest BCUT2D eigenvalue weighted by molar-refractivity contribution is 0.0529. The molecule has 0 radical (unpaired) electrons. The highest BCUT2D eigenvalue weighted by atomic mass is 32.2. The maximum absolute atomic E-state index is 12.4. The number of carbonyl (C=O) groups is 1. The van der Waals surface area contributed by atoms with Crippen LogP contribution >= 0.6 is 0 Å². The van der Waals surface area contributed by atoms with E-state index in [9.17, 15) is 13.2 Å². The maximum atomic E-state index is 12.4. The molecule has 1 saturated heterocycles. The van der Waals surface area contributed by atoms with Crippen LogP contribution in [0.25, 0.3) is 0 Å². The molecule has 146 valence electrons. The van der Waals surface area contributed by atoms with E-state index in [-0.39, 0.29) is 23.4 Å². The number of morpholine rings is 1. The summed E-state index contributed by atoms with van der Waals surface area (Å²) in [6.07, 6.45) is 1.76. The van der Waals surface area contributed by atoms with Gasteiger partial charge in [-0.15, -0.1) is 0 Å². The van der Waals surface area contributed by atoms with Gasteiger partial charge in [-0.1, -0.05) is 0 Å². The summed E-state index contributed by atoms with van der Waals surface area (Å²) in [5, 5.41) is 5.76. The van der Waals surface area contributed by atoms with Gasteiger partial charge in [0.1, 0.15) is 5.82 Å². The minimum atomic E-state index is -3.86. The predicted molar refractivity (Wildman–Crippen MR) is 95.8 cm³/mol. The predicted octanol–water partition coefficient (Wildman–Crippen LogP) is 0.295. The molecule has 0 aromatic carbocycles. The van der Waals surface area contributed by atoms with Crippen LogP contribution in [0.15, 0.2) is 29.4 Å². The fourth-order valence-corrected chi connectivity index (χ4v) is 3.62. The summed E-state index contributed by atoms with van der Waals surface area (Å²) in [7, 11) is -2.66. The van der Waals surface area contributed by atoms with Gasteiger partial charge in [-0.05, 0) is 24.6 Å². The number of ether oxygens (including phenoxy) is 2. The van der Waals surface area contributed by atoms with Crippen molar-refractivity contribution in [2.45, 2.75) is 24.6 Å². The summed E-state index contributed by atoms with van der Waals surface area (Å²) >= 11 is 0. The first-order valence-electron chi connectivity index (χ1n) is 8.34. The highest BCUT2D eigenvalue weighted by Crippen LogP contribution is 2.17. The summed E-state index contributed by atoms with van der Waals surface area (Å²) in [4.78, 5) is 17.9. The molecular weight excluding hydrogens is 374 g/mol. The van der Waals surface area contributed by atoms with Crippen molar-refractivity contribution in [1.82, 2.24) is 19.9 Å². The second-order valence-corrected chi connectivity index (χ2v) is 7.82. The zero-order chi connectivity index (χ0) is 19.4. The number of hydrogen-bond donors (Lipinski definition) is 2. The topological polar surface area (TPSA) is 127 Å². The number of sulfonamides is 1. The highest BCUT2D eigenvalue weighted by Gasteiger charge is 2.21. The molecule has 3 rings (SSSR count). The van der Waals surface area contributed by atoms with E-state index in [4.69, 9.17) is 4.74 Å². The Morgan fingerprint density at radius 2 is 2.30 bits per heavy atom.